The lowest BCUT2D eigenvalue weighted by Gasteiger charge is -2.28. The van der Waals surface area contributed by atoms with E-state index < -0.39 is 36.6 Å². The zero-order chi connectivity index (χ0) is 22.0. The van der Waals surface area contributed by atoms with Crippen molar-refractivity contribution < 1.29 is 28.9 Å². The second-order valence-corrected chi connectivity index (χ2v) is 7.37. The minimum atomic E-state index is -1.44. The third kappa shape index (κ3) is 4.42. The zero-order valence-electron chi connectivity index (χ0n) is 16.6. The second-order valence-electron chi connectivity index (χ2n) is 7.37. The molecular formula is C20H22FN5O5. The van der Waals surface area contributed by atoms with Gasteiger partial charge in [-0.25, -0.2) is 13.9 Å². The number of anilines is 1. The van der Waals surface area contributed by atoms with E-state index in [1.807, 2.05) is 0 Å². The number of ether oxygens (including phenoxy) is 1. The Bertz CT molecular complexity index is 996. The molecule has 2 aliphatic heterocycles. The topological polar surface area (TPSA) is 121 Å². The summed E-state index contributed by atoms with van der Waals surface area (Å²) in [5, 5.41) is 26.0. The van der Waals surface area contributed by atoms with Crippen LogP contribution in [0.2, 0.25) is 0 Å². The van der Waals surface area contributed by atoms with Crippen molar-refractivity contribution in [2.75, 3.05) is 31.1 Å². The summed E-state index contributed by atoms with van der Waals surface area (Å²) in [7, 11) is 0. The number of nitrogens with zero attached hydrogens (tertiary/aromatic N) is 5. The molecule has 1 saturated heterocycles. The molecule has 0 aliphatic carbocycles. The Morgan fingerprint density at radius 3 is 2.87 bits per heavy atom. The van der Waals surface area contributed by atoms with Gasteiger partial charge in [-0.2, -0.15) is 0 Å². The van der Waals surface area contributed by atoms with Crippen LogP contribution in [0, 0.1) is 5.82 Å². The van der Waals surface area contributed by atoms with Crippen molar-refractivity contribution >= 4 is 23.3 Å². The van der Waals surface area contributed by atoms with Gasteiger partial charge in [-0.3, -0.25) is 9.69 Å². The summed E-state index contributed by atoms with van der Waals surface area (Å²) < 4.78 is 21.8. The fraction of sp³-hybridized carbons (Fsp3) is 0.400. The Morgan fingerprint density at radius 1 is 1.39 bits per heavy atom. The Kier molecular flexibility index (Phi) is 5.96. The van der Waals surface area contributed by atoms with Crippen LogP contribution >= 0.6 is 0 Å². The summed E-state index contributed by atoms with van der Waals surface area (Å²) in [6.07, 6.45) is 2.92. The van der Waals surface area contributed by atoms with Gasteiger partial charge in [0.2, 0.25) is 0 Å². The maximum atomic E-state index is 14.9. The van der Waals surface area contributed by atoms with E-state index in [9.17, 15) is 19.1 Å². The van der Waals surface area contributed by atoms with Gasteiger partial charge in [0.25, 0.3) is 5.91 Å². The normalized spacial score (nSPS) is 19.9. The number of halogens is 1. The fourth-order valence-electron chi connectivity index (χ4n) is 3.70. The molecule has 11 heteroatoms. The van der Waals surface area contributed by atoms with Crippen LogP contribution in [0.3, 0.4) is 0 Å². The van der Waals surface area contributed by atoms with E-state index in [0.29, 0.717) is 30.8 Å². The molecule has 164 valence electrons. The molecule has 1 fully saturated rings. The van der Waals surface area contributed by atoms with E-state index >= 15 is 0 Å². The lowest BCUT2D eigenvalue weighted by Crippen LogP contribution is -2.42. The highest BCUT2D eigenvalue weighted by Gasteiger charge is 2.33. The summed E-state index contributed by atoms with van der Waals surface area (Å²) >= 11 is 0. The molecular weight excluding hydrogens is 409 g/mol. The van der Waals surface area contributed by atoms with Crippen molar-refractivity contribution in [3.63, 3.8) is 0 Å². The van der Waals surface area contributed by atoms with Gasteiger partial charge >= 0.3 is 6.09 Å². The highest BCUT2D eigenvalue weighted by atomic mass is 19.1. The zero-order valence-corrected chi connectivity index (χ0v) is 16.6. The molecule has 1 aromatic carbocycles. The summed E-state index contributed by atoms with van der Waals surface area (Å²) in [5.41, 5.74) is 1.52. The van der Waals surface area contributed by atoms with E-state index in [0.717, 1.165) is 5.57 Å². The first kappa shape index (κ1) is 20.9. The van der Waals surface area contributed by atoms with Gasteiger partial charge in [-0.1, -0.05) is 11.3 Å². The number of rotatable bonds is 6. The lowest BCUT2D eigenvalue weighted by atomic mass is 9.98. The molecule has 2 aromatic rings. The van der Waals surface area contributed by atoms with E-state index in [-0.39, 0.29) is 13.1 Å². The van der Waals surface area contributed by atoms with Crippen LogP contribution < -0.4 is 4.90 Å². The van der Waals surface area contributed by atoms with Crippen molar-refractivity contribution in [1.29, 1.82) is 0 Å². The molecule has 0 spiro atoms. The van der Waals surface area contributed by atoms with Crippen LogP contribution in [-0.2, 0) is 16.1 Å². The molecule has 2 atom stereocenters. The first-order chi connectivity index (χ1) is 15.0. The summed E-state index contributed by atoms with van der Waals surface area (Å²) in [5.74, 6) is -1.03. The number of benzene rings is 1. The monoisotopic (exact) mass is 431 g/mol. The average Bonchev–Trinajstić information content (AvgIpc) is 3.42. The quantitative estimate of drug-likeness (QED) is 0.680. The maximum absolute atomic E-state index is 14.9. The molecule has 2 amide bonds. The molecule has 0 saturated carbocycles. The largest absolute Gasteiger partial charge is 0.442 e. The molecule has 0 bridgehead atoms. The number of hydrogen-bond acceptors (Lipinski definition) is 7. The van der Waals surface area contributed by atoms with E-state index in [2.05, 4.69) is 10.3 Å². The summed E-state index contributed by atoms with van der Waals surface area (Å²) in [6.45, 7) is 0.515. The van der Waals surface area contributed by atoms with Crippen LogP contribution in [0.25, 0.3) is 5.57 Å². The number of carbonyl (C=O) groups is 2. The van der Waals surface area contributed by atoms with E-state index in [1.54, 1.807) is 29.1 Å². The highest BCUT2D eigenvalue weighted by Crippen LogP contribution is 2.30. The fourth-order valence-corrected chi connectivity index (χ4v) is 3.70. The number of cyclic esters (lactones) is 1. The molecule has 1 aromatic heterocycles. The highest BCUT2D eigenvalue weighted by molar-refractivity contribution is 5.90. The van der Waals surface area contributed by atoms with Crippen LogP contribution in [0.4, 0.5) is 14.9 Å². The molecule has 2 N–H and O–H groups in total. The van der Waals surface area contributed by atoms with Gasteiger partial charge in [0.05, 0.1) is 31.6 Å². The van der Waals surface area contributed by atoms with Gasteiger partial charge in [0.15, 0.2) is 6.10 Å². The van der Waals surface area contributed by atoms with Crippen LogP contribution in [0.1, 0.15) is 12.0 Å². The van der Waals surface area contributed by atoms with E-state index in [1.165, 1.54) is 22.1 Å². The smallest absolute Gasteiger partial charge is 0.414 e. The van der Waals surface area contributed by atoms with Gasteiger partial charge in [0.1, 0.15) is 11.9 Å². The molecule has 2 aliphatic rings. The van der Waals surface area contributed by atoms with Crippen molar-refractivity contribution in [2.45, 2.75) is 25.2 Å². The van der Waals surface area contributed by atoms with Crippen LogP contribution in [0.15, 0.2) is 36.7 Å². The average molecular weight is 431 g/mol. The minimum absolute atomic E-state index is 0.217. The predicted octanol–water partition coefficient (Wildman–Crippen LogP) is 0.411. The van der Waals surface area contributed by atoms with Gasteiger partial charge in [0, 0.05) is 24.8 Å². The Labute approximate surface area is 177 Å². The number of amides is 2. The minimum Gasteiger partial charge on any atom is -0.442 e. The van der Waals surface area contributed by atoms with Crippen molar-refractivity contribution in [1.82, 2.24) is 19.9 Å². The number of carbonyl (C=O) groups excluding carboxylic acids is 2. The van der Waals surface area contributed by atoms with Crippen molar-refractivity contribution in [3.8, 4) is 0 Å². The molecule has 3 heterocycles. The maximum Gasteiger partial charge on any atom is 0.414 e. The second kappa shape index (κ2) is 8.82. The van der Waals surface area contributed by atoms with Crippen molar-refractivity contribution in [2.24, 2.45) is 0 Å². The third-order valence-corrected chi connectivity index (χ3v) is 5.33. The van der Waals surface area contributed by atoms with Gasteiger partial charge < -0.3 is 19.8 Å². The van der Waals surface area contributed by atoms with E-state index in [4.69, 9.17) is 9.84 Å². The Hall–Kier alpha value is -3.31. The van der Waals surface area contributed by atoms with Gasteiger partial charge in [-0.15, -0.1) is 5.10 Å². The number of aliphatic hydroxyl groups excluding tert-OH is 2. The lowest BCUT2D eigenvalue weighted by molar-refractivity contribution is -0.141. The number of aliphatic hydroxyl groups is 2. The molecule has 31 heavy (non-hydrogen) atoms. The SMILES string of the molecule is O=C([C@@H](O)CO)N1CC=C(c2ccc(N3C[C@H](Cn4ccnn4)OC3=O)cc2F)CC1. The number of hydrogen-bond donors (Lipinski definition) is 2. The first-order valence-corrected chi connectivity index (χ1v) is 9.85. The van der Waals surface area contributed by atoms with Crippen molar-refractivity contribution in [3.05, 3.63) is 48.0 Å². The summed E-state index contributed by atoms with van der Waals surface area (Å²) in [6, 6.07) is 4.56. The first-order valence-electron chi connectivity index (χ1n) is 9.85. The summed E-state index contributed by atoms with van der Waals surface area (Å²) in [4.78, 5) is 27.0. The third-order valence-electron chi connectivity index (χ3n) is 5.33. The standard InChI is InChI=1S/C20H22FN5O5/c21-17-9-14(26-11-15(31-20(26)30)10-25-8-5-22-23-25)1-2-16(17)13-3-6-24(7-4-13)19(29)18(28)12-27/h1-3,5,8-9,15,18,27-28H,4,6-7,10-12H2/t15-,18-/m0/s1. The Balaban J connectivity index is 1.43. The van der Waals surface area contributed by atoms with Gasteiger partial charge in [-0.05, 0) is 30.2 Å². The molecule has 0 unspecified atom stereocenters. The molecule has 0 radical (unpaired) electrons. The molecule has 4 rings (SSSR count). The number of aromatic nitrogens is 3. The van der Waals surface area contributed by atoms with Crippen LogP contribution in [0.5, 0.6) is 0 Å². The van der Waals surface area contributed by atoms with Crippen LogP contribution in [-0.4, -0.2) is 80.6 Å². The predicted molar refractivity (Wildman–Crippen MR) is 106 cm³/mol. The Morgan fingerprint density at radius 2 is 2.23 bits per heavy atom. The molecule has 10 nitrogen and oxygen atoms in total.